The smallest absolute Gasteiger partial charge is 0.149 e. The van der Waals surface area contributed by atoms with Crippen LogP contribution < -0.4 is 10.5 Å². The second-order valence-electron chi connectivity index (χ2n) is 6.56. The predicted molar refractivity (Wildman–Crippen MR) is 89.4 cm³/mol. The molecule has 1 spiro atoms. The highest BCUT2D eigenvalue weighted by Crippen LogP contribution is 2.48. The number of anilines is 1. The van der Waals surface area contributed by atoms with Gasteiger partial charge in [0.2, 0.25) is 0 Å². The van der Waals surface area contributed by atoms with Crippen LogP contribution in [-0.2, 0) is 4.74 Å². The first kappa shape index (κ1) is 14.6. The van der Waals surface area contributed by atoms with Crippen LogP contribution in [0.25, 0.3) is 11.1 Å². The second kappa shape index (κ2) is 5.57. The lowest BCUT2D eigenvalue weighted by atomic mass is 9.94. The Morgan fingerprint density at radius 1 is 1.35 bits per heavy atom. The first-order valence-electron chi connectivity index (χ1n) is 8.34. The van der Waals surface area contributed by atoms with E-state index in [1.807, 2.05) is 24.4 Å². The topological polar surface area (TPSA) is 62.3 Å². The van der Waals surface area contributed by atoms with Crippen molar-refractivity contribution < 1.29 is 9.47 Å². The summed E-state index contributed by atoms with van der Waals surface area (Å²) in [5.41, 5.74) is 8.69. The molecule has 1 aliphatic heterocycles. The van der Waals surface area contributed by atoms with Crippen molar-refractivity contribution in [3.05, 3.63) is 30.6 Å². The van der Waals surface area contributed by atoms with Gasteiger partial charge in [-0.2, -0.15) is 5.10 Å². The maximum absolute atomic E-state index is 6.14. The monoisotopic (exact) mass is 313 g/mol. The van der Waals surface area contributed by atoms with Gasteiger partial charge < -0.3 is 15.2 Å². The van der Waals surface area contributed by atoms with Gasteiger partial charge >= 0.3 is 0 Å². The van der Waals surface area contributed by atoms with Crippen LogP contribution in [0, 0.1) is 0 Å². The van der Waals surface area contributed by atoms with E-state index >= 15 is 0 Å². The molecule has 23 heavy (non-hydrogen) atoms. The Labute approximate surface area is 136 Å². The van der Waals surface area contributed by atoms with E-state index in [-0.39, 0.29) is 5.60 Å². The number of benzene rings is 1. The molecule has 1 saturated heterocycles. The number of nitrogens with two attached hydrogens (primary N) is 1. The zero-order chi connectivity index (χ0) is 15.9. The second-order valence-corrected chi connectivity index (χ2v) is 6.56. The minimum atomic E-state index is 0.00307. The van der Waals surface area contributed by atoms with E-state index in [1.165, 1.54) is 6.42 Å². The molecule has 2 N–H and O–H groups in total. The number of nitrogen functional groups attached to an aromatic ring is 1. The molecule has 122 valence electrons. The predicted octanol–water partition coefficient (Wildman–Crippen LogP) is 3.42. The summed E-state index contributed by atoms with van der Waals surface area (Å²) in [7, 11) is 1.65. The standard InChI is InChI=1S/C18H23N3O2/c1-22-17-14(5-2-6-15(17)19)13-11-20-21(12-13)16-7-3-8-18(16)9-4-10-23-18/h2,5-6,11-12,16H,3-4,7-10,19H2,1H3/t16?,18-/m0/s1. The van der Waals surface area contributed by atoms with Crippen LogP contribution in [0.1, 0.15) is 38.1 Å². The van der Waals surface area contributed by atoms with E-state index in [4.69, 9.17) is 15.2 Å². The Bertz CT molecular complexity index is 699. The fourth-order valence-electron chi connectivity index (χ4n) is 4.23. The van der Waals surface area contributed by atoms with E-state index in [0.29, 0.717) is 17.5 Å². The van der Waals surface area contributed by atoms with Crippen LogP contribution in [-0.4, -0.2) is 29.1 Å². The van der Waals surface area contributed by atoms with E-state index < -0.39 is 0 Å². The third kappa shape index (κ3) is 2.30. The molecule has 1 saturated carbocycles. The van der Waals surface area contributed by atoms with Crippen LogP contribution in [0.5, 0.6) is 5.75 Å². The summed E-state index contributed by atoms with van der Waals surface area (Å²) in [6, 6.07) is 6.16. The molecule has 2 aromatic rings. The normalized spacial score (nSPS) is 26.9. The largest absolute Gasteiger partial charge is 0.494 e. The Morgan fingerprint density at radius 2 is 2.22 bits per heavy atom. The molecule has 1 aromatic heterocycles. The minimum Gasteiger partial charge on any atom is -0.494 e. The van der Waals surface area contributed by atoms with E-state index in [2.05, 4.69) is 16.0 Å². The molecule has 0 bridgehead atoms. The Hall–Kier alpha value is -2.01. The highest BCUT2D eigenvalue weighted by atomic mass is 16.5. The van der Waals surface area contributed by atoms with E-state index in [9.17, 15) is 0 Å². The van der Waals surface area contributed by atoms with Crippen molar-refractivity contribution in [2.24, 2.45) is 0 Å². The van der Waals surface area contributed by atoms with Gasteiger partial charge in [-0.25, -0.2) is 0 Å². The summed E-state index contributed by atoms with van der Waals surface area (Å²) in [6.45, 7) is 0.883. The van der Waals surface area contributed by atoms with Crippen molar-refractivity contribution in [3.63, 3.8) is 0 Å². The third-order valence-electron chi connectivity index (χ3n) is 5.30. The van der Waals surface area contributed by atoms with Crippen molar-refractivity contribution >= 4 is 5.69 Å². The van der Waals surface area contributed by atoms with Crippen molar-refractivity contribution in [2.45, 2.75) is 43.7 Å². The quantitative estimate of drug-likeness (QED) is 0.882. The summed E-state index contributed by atoms with van der Waals surface area (Å²) in [4.78, 5) is 0. The van der Waals surface area contributed by atoms with Gasteiger partial charge in [-0.1, -0.05) is 12.1 Å². The Kier molecular flexibility index (Phi) is 3.53. The molecule has 1 aliphatic carbocycles. The highest BCUT2D eigenvalue weighted by molar-refractivity contribution is 5.76. The molecular weight excluding hydrogens is 290 g/mol. The van der Waals surface area contributed by atoms with Gasteiger partial charge in [0.25, 0.3) is 0 Å². The lowest BCUT2D eigenvalue weighted by Crippen LogP contribution is -2.34. The van der Waals surface area contributed by atoms with Crippen LogP contribution in [0.15, 0.2) is 30.6 Å². The van der Waals surface area contributed by atoms with Crippen molar-refractivity contribution in [2.75, 3.05) is 19.5 Å². The maximum atomic E-state index is 6.14. The van der Waals surface area contributed by atoms with Crippen LogP contribution in [0.2, 0.25) is 0 Å². The Morgan fingerprint density at radius 3 is 3.00 bits per heavy atom. The highest BCUT2D eigenvalue weighted by Gasteiger charge is 2.47. The molecule has 0 amide bonds. The van der Waals surface area contributed by atoms with Crippen molar-refractivity contribution in [1.82, 2.24) is 9.78 Å². The zero-order valence-electron chi connectivity index (χ0n) is 13.5. The molecule has 2 heterocycles. The molecule has 2 atom stereocenters. The maximum Gasteiger partial charge on any atom is 0.149 e. The summed E-state index contributed by atoms with van der Waals surface area (Å²) in [5.74, 6) is 0.713. The molecule has 4 rings (SSSR count). The number of hydrogen-bond donors (Lipinski definition) is 1. The summed E-state index contributed by atoms with van der Waals surface area (Å²) in [5, 5.41) is 4.64. The first-order chi connectivity index (χ1) is 11.2. The van der Waals surface area contributed by atoms with Crippen LogP contribution in [0.4, 0.5) is 5.69 Å². The number of methoxy groups -OCH3 is 1. The van der Waals surface area contributed by atoms with Gasteiger partial charge in [0.05, 0.1) is 30.6 Å². The SMILES string of the molecule is COc1c(N)cccc1-c1cnn(C2CCC[C@]23CCCO3)c1. The van der Waals surface area contributed by atoms with Crippen LogP contribution in [0.3, 0.4) is 0 Å². The molecule has 5 nitrogen and oxygen atoms in total. The zero-order valence-corrected chi connectivity index (χ0v) is 13.5. The Balaban J connectivity index is 1.69. The average molecular weight is 313 g/mol. The van der Waals surface area contributed by atoms with Gasteiger partial charge in [0, 0.05) is 23.9 Å². The molecule has 2 fully saturated rings. The van der Waals surface area contributed by atoms with Gasteiger partial charge in [0.1, 0.15) is 5.75 Å². The van der Waals surface area contributed by atoms with E-state index in [1.54, 1.807) is 7.11 Å². The summed E-state index contributed by atoms with van der Waals surface area (Å²) < 4.78 is 13.7. The molecule has 0 radical (unpaired) electrons. The van der Waals surface area contributed by atoms with Gasteiger partial charge in [-0.05, 0) is 38.2 Å². The molecular formula is C18H23N3O2. The van der Waals surface area contributed by atoms with Gasteiger partial charge in [-0.15, -0.1) is 0 Å². The molecule has 5 heteroatoms. The third-order valence-corrected chi connectivity index (χ3v) is 5.30. The average Bonchev–Trinajstić information content (AvgIpc) is 3.29. The molecule has 1 unspecified atom stereocenters. The number of hydrogen-bond acceptors (Lipinski definition) is 4. The molecule has 1 aromatic carbocycles. The summed E-state index contributed by atoms with van der Waals surface area (Å²) >= 11 is 0. The number of ether oxygens (including phenoxy) is 2. The number of aromatic nitrogens is 2. The van der Waals surface area contributed by atoms with Crippen molar-refractivity contribution in [1.29, 1.82) is 0 Å². The number of para-hydroxylation sites is 1. The lowest BCUT2D eigenvalue weighted by molar-refractivity contribution is -0.0247. The fourth-order valence-corrected chi connectivity index (χ4v) is 4.23. The van der Waals surface area contributed by atoms with Crippen LogP contribution >= 0.6 is 0 Å². The van der Waals surface area contributed by atoms with Gasteiger partial charge in [0.15, 0.2) is 0 Å². The van der Waals surface area contributed by atoms with E-state index in [0.717, 1.165) is 43.4 Å². The minimum absolute atomic E-state index is 0.00307. The lowest BCUT2D eigenvalue weighted by Gasteiger charge is -2.30. The number of nitrogens with zero attached hydrogens (tertiary/aromatic N) is 2. The summed E-state index contributed by atoms with van der Waals surface area (Å²) in [6.07, 6.45) is 9.81. The number of rotatable bonds is 3. The van der Waals surface area contributed by atoms with Gasteiger partial charge in [-0.3, -0.25) is 4.68 Å². The fraction of sp³-hybridized carbons (Fsp3) is 0.500. The molecule has 2 aliphatic rings. The first-order valence-corrected chi connectivity index (χ1v) is 8.34. The van der Waals surface area contributed by atoms with Crippen molar-refractivity contribution in [3.8, 4) is 16.9 Å².